The van der Waals surface area contributed by atoms with E-state index in [0.29, 0.717) is 17.9 Å². The number of sulfonamides is 1. The van der Waals surface area contributed by atoms with E-state index < -0.39 is 15.8 Å². The smallest absolute Gasteiger partial charge is 0.248 e. The van der Waals surface area contributed by atoms with Crippen molar-refractivity contribution in [1.29, 1.82) is 0 Å². The molecule has 0 radical (unpaired) electrons. The summed E-state index contributed by atoms with van der Waals surface area (Å²) in [5.74, 6) is 0.229. The van der Waals surface area contributed by atoms with Crippen LogP contribution in [0, 0.1) is 0 Å². The van der Waals surface area contributed by atoms with Gasteiger partial charge in [-0.2, -0.15) is 0 Å². The second-order valence-corrected chi connectivity index (χ2v) is 5.41. The van der Waals surface area contributed by atoms with Crippen molar-refractivity contribution in [2.24, 2.45) is 5.14 Å². The van der Waals surface area contributed by atoms with E-state index in [1.807, 2.05) is 6.92 Å². The molecule has 5 nitrogen and oxygen atoms in total. The van der Waals surface area contributed by atoms with Crippen LogP contribution in [0.4, 0.5) is 0 Å². The van der Waals surface area contributed by atoms with Gasteiger partial charge in [-0.3, -0.25) is 0 Å². The second kappa shape index (κ2) is 3.36. The molecule has 0 fully saturated rings. The van der Waals surface area contributed by atoms with Crippen LogP contribution in [0.2, 0.25) is 0 Å². The highest BCUT2D eigenvalue weighted by atomic mass is 32.2. The molecule has 1 aromatic rings. The van der Waals surface area contributed by atoms with E-state index in [4.69, 9.17) is 14.6 Å². The monoisotopic (exact) mass is 243 g/mol. The molecule has 88 valence electrons. The maximum Gasteiger partial charge on any atom is 0.248 e. The fourth-order valence-corrected chi connectivity index (χ4v) is 1.99. The van der Waals surface area contributed by atoms with Crippen molar-refractivity contribution in [3.05, 3.63) is 18.2 Å². The highest BCUT2D eigenvalue weighted by molar-refractivity contribution is 7.89. The van der Waals surface area contributed by atoms with E-state index in [9.17, 15) is 8.42 Å². The zero-order chi connectivity index (χ0) is 12.0. The Kier molecular flexibility index (Phi) is 2.36. The molecule has 0 bridgehead atoms. The van der Waals surface area contributed by atoms with Crippen LogP contribution < -0.4 is 14.6 Å². The zero-order valence-corrected chi connectivity index (χ0v) is 9.87. The molecular formula is C10H13NO4S. The van der Waals surface area contributed by atoms with Crippen LogP contribution in [0.25, 0.3) is 0 Å². The van der Waals surface area contributed by atoms with Gasteiger partial charge >= 0.3 is 0 Å². The summed E-state index contributed by atoms with van der Waals surface area (Å²) in [6.45, 7) is 3.72. The number of benzene rings is 1. The summed E-state index contributed by atoms with van der Waals surface area (Å²) in [6, 6.07) is 4.33. The normalized spacial score (nSPS) is 23.4. The first kappa shape index (κ1) is 11.2. The molecule has 1 atom stereocenters. The molecule has 0 aromatic heterocycles. The summed E-state index contributed by atoms with van der Waals surface area (Å²) >= 11 is 0. The minimum absolute atomic E-state index is 0.0233. The van der Waals surface area contributed by atoms with E-state index >= 15 is 0 Å². The van der Waals surface area contributed by atoms with Gasteiger partial charge in [0, 0.05) is 19.4 Å². The fourth-order valence-electron chi connectivity index (χ4n) is 1.46. The Bertz CT molecular complexity index is 526. The Morgan fingerprint density at radius 3 is 2.50 bits per heavy atom. The highest BCUT2D eigenvalue weighted by Gasteiger charge is 2.35. The lowest BCUT2D eigenvalue weighted by atomic mass is 10.2. The molecule has 1 aromatic carbocycles. The van der Waals surface area contributed by atoms with Gasteiger partial charge in [0.05, 0.1) is 4.90 Å². The standard InChI is InChI=1S/C10H13NO4S/c1-3-10(2)14-8-5-4-7(16(11,12)13)6-9(8)15-10/h4-6H,3H2,1-2H3,(H2,11,12,13). The third-order valence-corrected chi connectivity index (χ3v) is 3.45. The summed E-state index contributed by atoms with van der Waals surface area (Å²) in [5, 5.41) is 5.03. The van der Waals surface area contributed by atoms with Crippen molar-refractivity contribution in [3.8, 4) is 11.5 Å². The average molecular weight is 243 g/mol. The molecule has 1 heterocycles. The van der Waals surface area contributed by atoms with Crippen LogP contribution in [0.3, 0.4) is 0 Å². The molecule has 1 aliphatic rings. The Morgan fingerprint density at radius 1 is 1.31 bits per heavy atom. The minimum atomic E-state index is -3.70. The lowest BCUT2D eigenvalue weighted by Crippen LogP contribution is -2.33. The zero-order valence-electron chi connectivity index (χ0n) is 9.06. The number of fused-ring (bicyclic) bond motifs is 1. The Hall–Kier alpha value is -1.27. The number of ether oxygens (including phenoxy) is 2. The summed E-state index contributed by atoms with van der Waals surface area (Å²) in [7, 11) is -3.70. The minimum Gasteiger partial charge on any atom is -0.449 e. The summed E-state index contributed by atoms with van der Waals surface area (Å²) in [6.07, 6.45) is 0.659. The number of hydrogen-bond acceptors (Lipinski definition) is 4. The molecule has 2 N–H and O–H groups in total. The van der Waals surface area contributed by atoms with Gasteiger partial charge in [-0.25, -0.2) is 13.6 Å². The Balaban J connectivity index is 2.43. The quantitative estimate of drug-likeness (QED) is 0.847. The van der Waals surface area contributed by atoms with Gasteiger partial charge in [-0.05, 0) is 12.1 Å². The summed E-state index contributed by atoms with van der Waals surface area (Å²) < 4.78 is 33.4. The SMILES string of the molecule is CCC1(C)Oc2ccc(S(N)(=O)=O)cc2O1. The average Bonchev–Trinajstić information content (AvgIpc) is 2.52. The van der Waals surface area contributed by atoms with Crippen molar-refractivity contribution >= 4 is 10.0 Å². The summed E-state index contributed by atoms with van der Waals surface area (Å²) in [4.78, 5) is 0.0233. The maximum atomic E-state index is 11.1. The van der Waals surface area contributed by atoms with Gasteiger partial charge < -0.3 is 9.47 Å². The molecule has 0 amide bonds. The molecule has 16 heavy (non-hydrogen) atoms. The first-order chi connectivity index (χ1) is 7.34. The fraction of sp³-hybridized carbons (Fsp3) is 0.400. The molecule has 1 unspecified atom stereocenters. The predicted octanol–water partition coefficient (Wildman–Crippen LogP) is 1.23. The lowest BCUT2D eigenvalue weighted by Gasteiger charge is -2.20. The Morgan fingerprint density at radius 2 is 1.94 bits per heavy atom. The number of primary sulfonamides is 1. The van der Waals surface area contributed by atoms with Crippen LogP contribution in [0.1, 0.15) is 20.3 Å². The second-order valence-electron chi connectivity index (χ2n) is 3.85. The molecule has 1 aliphatic heterocycles. The molecule has 0 spiro atoms. The predicted molar refractivity (Wildman–Crippen MR) is 57.8 cm³/mol. The van der Waals surface area contributed by atoms with Crippen molar-refractivity contribution in [1.82, 2.24) is 0 Å². The van der Waals surface area contributed by atoms with E-state index in [2.05, 4.69) is 0 Å². The van der Waals surface area contributed by atoms with Crippen molar-refractivity contribution in [3.63, 3.8) is 0 Å². The van der Waals surface area contributed by atoms with Gasteiger partial charge in [0.1, 0.15) is 0 Å². The van der Waals surface area contributed by atoms with Gasteiger partial charge in [0.15, 0.2) is 11.5 Å². The molecule has 0 saturated heterocycles. The molecule has 0 aliphatic carbocycles. The topological polar surface area (TPSA) is 78.6 Å². The van der Waals surface area contributed by atoms with Crippen molar-refractivity contribution in [2.45, 2.75) is 31.0 Å². The van der Waals surface area contributed by atoms with Gasteiger partial charge in [0.2, 0.25) is 15.8 Å². The van der Waals surface area contributed by atoms with Gasteiger partial charge in [0.25, 0.3) is 0 Å². The highest BCUT2D eigenvalue weighted by Crippen LogP contribution is 2.41. The van der Waals surface area contributed by atoms with E-state index in [-0.39, 0.29) is 4.90 Å². The first-order valence-corrected chi connectivity index (χ1v) is 6.43. The van der Waals surface area contributed by atoms with Crippen molar-refractivity contribution in [2.75, 3.05) is 0 Å². The third-order valence-electron chi connectivity index (χ3n) is 2.54. The Labute approximate surface area is 94.2 Å². The van der Waals surface area contributed by atoms with E-state index in [1.165, 1.54) is 12.1 Å². The molecule has 6 heteroatoms. The lowest BCUT2D eigenvalue weighted by molar-refractivity contribution is -0.0640. The van der Waals surface area contributed by atoms with E-state index in [0.717, 1.165) is 0 Å². The van der Waals surface area contributed by atoms with Crippen LogP contribution >= 0.6 is 0 Å². The van der Waals surface area contributed by atoms with Crippen molar-refractivity contribution < 1.29 is 17.9 Å². The number of nitrogens with two attached hydrogens (primary N) is 1. The summed E-state index contributed by atoms with van der Waals surface area (Å²) in [5.41, 5.74) is 0. The molecule has 2 rings (SSSR count). The van der Waals surface area contributed by atoms with Crippen LogP contribution in [-0.2, 0) is 10.0 Å². The maximum absolute atomic E-state index is 11.1. The van der Waals surface area contributed by atoms with E-state index in [1.54, 1.807) is 13.0 Å². The van der Waals surface area contributed by atoms with Crippen LogP contribution in [-0.4, -0.2) is 14.2 Å². The first-order valence-electron chi connectivity index (χ1n) is 4.89. The van der Waals surface area contributed by atoms with Gasteiger partial charge in [-0.1, -0.05) is 6.92 Å². The van der Waals surface area contributed by atoms with Gasteiger partial charge in [-0.15, -0.1) is 0 Å². The molecular weight excluding hydrogens is 230 g/mol. The van der Waals surface area contributed by atoms with Crippen LogP contribution in [0.15, 0.2) is 23.1 Å². The van der Waals surface area contributed by atoms with Crippen LogP contribution in [0.5, 0.6) is 11.5 Å². The number of hydrogen-bond donors (Lipinski definition) is 1. The third kappa shape index (κ3) is 1.85. The largest absolute Gasteiger partial charge is 0.449 e. The number of rotatable bonds is 2. The molecule has 0 saturated carbocycles.